The molecule has 0 unspecified atom stereocenters. The largest absolute Gasteiger partial charge is 0.495 e. The van der Waals surface area contributed by atoms with Crippen LogP contribution in [0.1, 0.15) is 24.8 Å². The third kappa shape index (κ3) is 6.19. The summed E-state index contributed by atoms with van der Waals surface area (Å²) in [6.45, 7) is 4.08. The van der Waals surface area contributed by atoms with Crippen molar-refractivity contribution in [3.05, 3.63) is 47.0 Å². The lowest BCUT2D eigenvalue weighted by Crippen LogP contribution is -2.35. The number of hydrogen-bond donors (Lipinski definition) is 0. The average Bonchev–Trinajstić information content (AvgIpc) is 2.78. The van der Waals surface area contributed by atoms with Gasteiger partial charge in [0.05, 0.1) is 33.0 Å². The van der Waals surface area contributed by atoms with Crippen molar-refractivity contribution in [2.45, 2.75) is 25.7 Å². The van der Waals surface area contributed by atoms with Crippen molar-refractivity contribution in [3.63, 3.8) is 0 Å². The first-order valence-electron chi connectivity index (χ1n) is 10.5. The molecule has 0 spiro atoms. The molecular formula is C24H32ClNO4. The van der Waals surface area contributed by atoms with Crippen molar-refractivity contribution in [1.29, 1.82) is 0 Å². The minimum Gasteiger partial charge on any atom is -0.495 e. The summed E-state index contributed by atoms with van der Waals surface area (Å²) in [6, 6.07) is 11.7. The zero-order chi connectivity index (χ0) is 21.3. The van der Waals surface area contributed by atoms with Gasteiger partial charge in [-0.25, -0.2) is 0 Å². The third-order valence-electron chi connectivity index (χ3n) is 5.79. The number of halogens is 1. The van der Waals surface area contributed by atoms with E-state index in [4.69, 9.17) is 30.5 Å². The Balaban J connectivity index is 1.36. The number of methoxy groups -OCH3 is 3. The third-order valence-corrected chi connectivity index (χ3v) is 6.09. The molecule has 0 atom stereocenters. The van der Waals surface area contributed by atoms with Gasteiger partial charge in [-0.1, -0.05) is 17.7 Å². The number of likely N-dealkylation sites (tertiary alicyclic amines) is 1. The summed E-state index contributed by atoms with van der Waals surface area (Å²) in [6.07, 6.45) is 4.54. The molecule has 0 bridgehead atoms. The lowest BCUT2D eigenvalue weighted by Gasteiger charge is -2.32. The van der Waals surface area contributed by atoms with Crippen molar-refractivity contribution in [2.75, 3.05) is 47.6 Å². The summed E-state index contributed by atoms with van der Waals surface area (Å²) in [5, 5.41) is 0.581. The zero-order valence-corrected chi connectivity index (χ0v) is 18.9. The Labute approximate surface area is 184 Å². The van der Waals surface area contributed by atoms with Crippen LogP contribution in [0.3, 0.4) is 0 Å². The zero-order valence-electron chi connectivity index (χ0n) is 18.2. The topological polar surface area (TPSA) is 40.2 Å². The fourth-order valence-corrected chi connectivity index (χ4v) is 4.15. The van der Waals surface area contributed by atoms with Crippen LogP contribution in [0.15, 0.2) is 36.4 Å². The van der Waals surface area contributed by atoms with E-state index in [1.807, 2.05) is 24.3 Å². The lowest BCUT2D eigenvalue weighted by molar-refractivity contribution is 0.164. The summed E-state index contributed by atoms with van der Waals surface area (Å²) >= 11 is 6.16. The highest BCUT2D eigenvalue weighted by Gasteiger charge is 2.19. The fourth-order valence-electron chi connectivity index (χ4n) is 3.90. The summed E-state index contributed by atoms with van der Waals surface area (Å²) < 4.78 is 21.8. The van der Waals surface area contributed by atoms with E-state index in [0.29, 0.717) is 10.8 Å². The number of ether oxygens (including phenoxy) is 4. The monoisotopic (exact) mass is 433 g/mol. The van der Waals surface area contributed by atoms with E-state index in [0.717, 1.165) is 62.2 Å². The van der Waals surface area contributed by atoms with Crippen LogP contribution < -0.4 is 18.9 Å². The normalized spacial score (nSPS) is 15.1. The summed E-state index contributed by atoms with van der Waals surface area (Å²) in [5.41, 5.74) is 1.28. The molecule has 1 fully saturated rings. The van der Waals surface area contributed by atoms with Gasteiger partial charge in [0.25, 0.3) is 0 Å². The number of rotatable bonds is 10. The maximum absolute atomic E-state index is 6.16. The van der Waals surface area contributed by atoms with Gasteiger partial charge >= 0.3 is 0 Å². The van der Waals surface area contributed by atoms with Gasteiger partial charge in [-0.15, -0.1) is 0 Å². The molecule has 2 aromatic carbocycles. The maximum Gasteiger partial charge on any atom is 0.160 e. The molecule has 6 heteroatoms. The molecule has 0 aliphatic carbocycles. The molecule has 3 rings (SSSR count). The molecular weight excluding hydrogens is 402 g/mol. The van der Waals surface area contributed by atoms with Gasteiger partial charge in [-0.05, 0) is 74.5 Å². The molecule has 1 heterocycles. The molecule has 5 nitrogen and oxygen atoms in total. The Bertz CT molecular complexity index is 806. The highest BCUT2D eigenvalue weighted by Crippen LogP contribution is 2.30. The van der Waals surface area contributed by atoms with Crippen LogP contribution in [0.25, 0.3) is 0 Å². The van der Waals surface area contributed by atoms with Gasteiger partial charge in [-0.3, -0.25) is 0 Å². The Morgan fingerprint density at radius 2 is 1.60 bits per heavy atom. The molecule has 1 aliphatic rings. The predicted molar refractivity (Wildman–Crippen MR) is 121 cm³/mol. The second-order valence-corrected chi connectivity index (χ2v) is 8.07. The van der Waals surface area contributed by atoms with Gasteiger partial charge in [-0.2, -0.15) is 0 Å². The molecule has 0 amide bonds. The first-order valence-corrected chi connectivity index (χ1v) is 10.9. The average molecular weight is 434 g/mol. The molecule has 30 heavy (non-hydrogen) atoms. The van der Waals surface area contributed by atoms with Gasteiger partial charge in [0, 0.05) is 12.6 Å². The van der Waals surface area contributed by atoms with Crippen LogP contribution in [0.5, 0.6) is 23.0 Å². The van der Waals surface area contributed by atoms with E-state index in [1.54, 1.807) is 21.3 Å². The Morgan fingerprint density at radius 3 is 2.27 bits per heavy atom. The molecule has 1 aliphatic heterocycles. The molecule has 0 aromatic heterocycles. The second-order valence-electron chi connectivity index (χ2n) is 7.66. The van der Waals surface area contributed by atoms with Crippen molar-refractivity contribution in [3.8, 4) is 23.0 Å². The molecule has 1 saturated heterocycles. The Hall–Kier alpha value is -2.11. The van der Waals surface area contributed by atoms with Crippen molar-refractivity contribution in [2.24, 2.45) is 5.92 Å². The standard InChI is InChI=1S/C24H32ClNO4/c1-27-22-7-5-20(17-21(22)25)30-15-11-18-8-12-26(13-9-18)14-10-19-4-6-23(28-2)24(16-19)29-3/h4-7,16-18H,8-15H2,1-3H3. The SMILES string of the molecule is COc1ccc(OCCC2CCN(CCc3ccc(OC)c(OC)c3)CC2)cc1Cl. The first-order chi connectivity index (χ1) is 14.6. The number of hydrogen-bond acceptors (Lipinski definition) is 5. The Morgan fingerprint density at radius 1 is 0.900 bits per heavy atom. The van der Waals surface area contributed by atoms with Crippen molar-refractivity contribution >= 4 is 11.6 Å². The number of nitrogens with zero attached hydrogens (tertiary/aromatic N) is 1. The van der Waals surface area contributed by atoms with E-state index in [9.17, 15) is 0 Å². The molecule has 164 valence electrons. The van der Waals surface area contributed by atoms with Gasteiger partial charge in [0.15, 0.2) is 11.5 Å². The van der Waals surface area contributed by atoms with Crippen LogP contribution in [0, 0.1) is 5.92 Å². The quantitative estimate of drug-likeness (QED) is 0.522. The molecule has 0 radical (unpaired) electrons. The number of piperidine rings is 1. The van der Waals surface area contributed by atoms with E-state index >= 15 is 0 Å². The minimum absolute atomic E-state index is 0.581. The Kier molecular flexibility index (Phi) is 8.52. The highest BCUT2D eigenvalue weighted by molar-refractivity contribution is 6.32. The molecule has 2 aromatic rings. The van der Waals surface area contributed by atoms with E-state index in [-0.39, 0.29) is 0 Å². The highest BCUT2D eigenvalue weighted by atomic mass is 35.5. The van der Waals surface area contributed by atoms with E-state index in [2.05, 4.69) is 17.0 Å². The molecule has 0 N–H and O–H groups in total. The second kappa shape index (κ2) is 11.3. The lowest BCUT2D eigenvalue weighted by atomic mass is 9.93. The smallest absolute Gasteiger partial charge is 0.160 e. The van der Waals surface area contributed by atoms with Crippen LogP contribution in [-0.2, 0) is 6.42 Å². The van der Waals surface area contributed by atoms with E-state index < -0.39 is 0 Å². The minimum atomic E-state index is 0.581. The summed E-state index contributed by atoms with van der Waals surface area (Å²) in [5.74, 6) is 3.77. The number of benzene rings is 2. The first kappa shape index (κ1) is 22.6. The van der Waals surface area contributed by atoms with Crippen LogP contribution in [0.4, 0.5) is 0 Å². The van der Waals surface area contributed by atoms with Crippen LogP contribution >= 0.6 is 11.6 Å². The fraction of sp³-hybridized carbons (Fsp3) is 0.500. The van der Waals surface area contributed by atoms with Gasteiger partial charge in [0.2, 0.25) is 0 Å². The van der Waals surface area contributed by atoms with E-state index in [1.165, 1.54) is 18.4 Å². The van der Waals surface area contributed by atoms with Crippen molar-refractivity contribution < 1.29 is 18.9 Å². The van der Waals surface area contributed by atoms with Gasteiger partial charge < -0.3 is 23.8 Å². The summed E-state index contributed by atoms with van der Waals surface area (Å²) in [7, 11) is 4.96. The van der Waals surface area contributed by atoms with Crippen molar-refractivity contribution in [1.82, 2.24) is 4.90 Å². The maximum atomic E-state index is 6.16. The molecule has 0 saturated carbocycles. The predicted octanol–water partition coefficient (Wildman–Crippen LogP) is 5.09. The van der Waals surface area contributed by atoms with Gasteiger partial charge in [0.1, 0.15) is 11.5 Å². The summed E-state index contributed by atoms with van der Waals surface area (Å²) in [4.78, 5) is 2.55. The van der Waals surface area contributed by atoms with Crippen LogP contribution in [-0.4, -0.2) is 52.5 Å². The van der Waals surface area contributed by atoms with Crippen LogP contribution in [0.2, 0.25) is 5.02 Å².